The third kappa shape index (κ3) is 4.66. The molecule has 7 heteroatoms. The van der Waals surface area contributed by atoms with Crippen LogP contribution >= 0.6 is 0 Å². The number of anilines is 1. The minimum absolute atomic E-state index is 0.345. The van der Waals surface area contributed by atoms with Gasteiger partial charge in [-0.15, -0.1) is 0 Å². The number of ether oxygens (including phenoxy) is 4. The van der Waals surface area contributed by atoms with Crippen LogP contribution in [-0.4, -0.2) is 40.1 Å². The number of esters is 1. The Labute approximate surface area is 152 Å². The molecule has 0 amide bonds. The molecule has 0 aliphatic rings. The van der Waals surface area contributed by atoms with Crippen LogP contribution in [0.25, 0.3) is 0 Å². The van der Waals surface area contributed by atoms with Crippen molar-refractivity contribution < 1.29 is 23.7 Å². The number of nitrogens with one attached hydrogen (secondary N) is 1. The fourth-order valence-corrected chi connectivity index (χ4v) is 2.25. The predicted octanol–water partition coefficient (Wildman–Crippen LogP) is 3.34. The summed E-state index contributed by atoms with van der Waals surface area (Å²) >= 11 is 0. The average molecular weight is 358 g/mol. The Morgan fingerprint density at radius 3 is 2.15 bits per heavy atom. The second-order valence-electron chi connectivity index (χ2n) is 5.13. The van der Waals surface area contributed by atoms with Gasteiger partial charge >= 0.3 is 5.97 Å². The fourth-order valence-electron chi connectivity index (χ4n) is 2.25. The van der Waals surface area contributed by atoms with Gasteiger partial charge in [0.05, 0.1) is 45.4 Å². The van der Waals surface area contributed by atoms with Crippen LogP contribution in [0.15, 0.2) is 41.5 Å². The van der Waals surface area contributed by atoms with Crippen molar-refractivity contribution >= 4 is 17.9 Å². The van der Waals surface area contributed by atoms with Crippen LogP contribution in [-0.2, 0) is 4.74 Å². The molecular formula is C19H22N2O5. The lowest BCUT2D eigenvalue weighted by atomic mass is 10.2. The lowest BCUT2D eigenvalue weighted by Crippen LogP contribution is -2.04. The van der Waals surface area contributed by atoms with Crippen LogP contribution < -0.4 is 19.6 Å². The summed E-state index contributed by atoms with van der Waals surface area (Å²) in [6, 6.07) is 10.4. The van der Waals surface area contributed by atoms with Gasteiger partial charge in [-0.2, -0.15) is 5.10 Å². The molecule has 0 unspecified atom stereocenters. The van der Waals surface area contributed by atoms with E-state index in [0.717, 1.165) is 11.3 Å². The van der Waals surface area contributed by atoms with Gasteiger partial charge in [-0.05, 0) is 43.3 Å². The van der Waals surface area contributed by atoms with Crippen LogP contribution in [0.2, 0.25) is 0 Å². The number of hydrazone groups is 1. The Morgan fingerprint density at radius 2 is 1.65 bits per heavy atom. The third-order valence-electron chi connectivity index (χ3n) is 3.49. The summed E-state index contributed by atoms with van der Waals surface area (Å²) in [6.07, 6.45) is 1.63. The highest BCUT2D eigenvalue weighted by molar-refractivity contribution is 5.89. The first-order valence-electron chi connectivity index (χ1n) is 7.99. The SMILES string of the molecule is CCOC(=O)c1ccc(N/N=C\c2cc(OC)c(OC)c(OC)c2)cc1. The van der Waals surface area contributed by atoms with E-state index >= 15 is 0 Å². The summed E-state index contributed by atoms with van der Waals surface area (Å²) in [7, 11) is 4.67. The summed E-state index contributed by atoms with van der Waals surface area (Å²) in [6.45, 7) is 2.11. The van der Waals surface area contributed by atoms with E-state index in [9.17, 15) is 4.79 Å². The molecule has 0 aliphatic heterocycles. The molecule has 2 aromatic carbocycles. The van der Waals surface area contributed by atoms with Gasteiger partial charge in [-0.1, -0.05) is 0 Å². The van der Waals surface area contributed by atoms with Crippen LogP contribution in [0.1, 0.15) is 22.8 Å². The van der Waals surface area contributed by atoms with Gasteiger partial charge < -0.3 is 18.9 Å². The summed E-state index contributed by atoms with van der Waals surface area (Å²) < 4.78 is 20.9. The highest BCUT2D eigenvalue weighted by atomic mass is 16.5. The Balaban J connectivity index is 2.09. The minimum Gasteiger partial charge on any atom is -0.493 e. The van der Waals surface area contributed by atoms with Crippen molar-refractivity contribution in [2.24, 2.45) is 5.10 Å². The Morgan fingerprint density at radius 1 is 1.04 bits per heavy atom. The van der Waals surface area contributed by atoms with Gasteiger partial charge in [-0.3, -0.25) is 5.43 Å². The summed E-state index contributed by atoms with van der Waals surface area (Å²) in [5.74, 6) is 1.27. The maximum Gasteiger partial charge on any atom is 0.338 e. The zero-order valence-electron chi connectivity index (χ0n) is 15.2. The van der Waals surface area contributed by atoms with E-state index in [1.54, 1.807) is 70.9 Å². The largest absolute Gasteiger partial charge is 0.493 e. The van der Waals surface area contributed by atoms with E-state index in [1.807, 2.05) is 0 Å². The highest BCUT2D eigenvalue weighted by Crippen LogP contribution is 2.37. The van der Waals surface area contributed by atoms with Gasteiger partial charge in [0.15, 0.2) is 11.5 Å². The van der Waals surface area contributed by atoms with Crippen molar-refractivity contribution in [3.63, 3.8) is 0 Å². The van der Waals surface area contributed by atoms with Gasteiger partial charge in [0.25, 0.3) is 0 Å². The zero-order chi connectivity index (χ0) is 18.9. The molecule has 0 radical (unpaired) electrons. The molecule has 0 bridgehead atoms. The highest BCUT2D eigenvalue weighted by Gasteiger charge is 2.12. The maximum atomic E-state index is 11.6. The maximum absolute atomic E-state index is 11.6. The first-order valence-corrected chi connectivity index (χ1v) is 7.99. The topological polar surface area (TPSA) is 78.4 Å². The molecule has 1 N–H and O–H groups in total. The number of hydrogen-bond donors (Lipinski definition) is 1. The number of carbonyl (C=O) groups excluding carboxylic acids is 1. The van der Waals surface area contributed by atoms with Crippen molar-refractivity contribution in [3.05, 3.63) is 47.5 Å². The summed E-state index contributed by atoms with van der Waals surface area (Å²) in [5, 5.41) is 4.19. The van der Waals surface area contributed by atoms with Crippen molar-refractivity contribution in [1.82, 2.24) is 0 Å². The molecule has 0 heterocycles. The van der Waals surface area contributed by atoms with Crippen molar-refractivity contribution in [1.29, 1.82) is 0 Å². The van der Waals surface area contributed by atoms with Gasteiger partial charge in [0.2, 0.25) is 5.75 Å². The van der Waals surface area contributed by atoms with Crippen LogP contribution in [0.4, 0.5) is 5.69 Å². The van der Waals surface area contributed by atoms with E-state index in [-0.39, 0.29) is 5.97 Å². The fraction of sp³-hybridized carbons (Fsp3) is 0.263. The number of benzene rings is 2. The summed E-state index contributed by atoms with van der Waals surface area (Å²) in [5.41, 5.74) is 4.90. The van der Waals surface area contributed by atoms with E-state index in [2.05, 4.69) is 10.5 Å². The lowest BCUT2D eigenvalue weighted by Gasteiger charge is -2.12. The molecule has 0 saturated carbocycles. The quantitative estimate of drug-likeness (QED) is 0.443. The summed E-state index contributed by atoms with van der Waals surface area (Å²) in [4.78, 5) is 11.6. The van der Waals surface area contributed by atoms with Crippen LogP contribution in [0.3, 0.4) is 0 Å². The Kier molecular flexibility index (Phi) is 6.84. The van der Waals surface area contributed by atoms with Crippen molar-refractivity contribution in [2.45, 2.75) is 6.92 Å². The van der Waals surface area contributed by atoms with E-state index in [4.69, 9.17) is 18.9 Å². The predicted molar refractivity (Wildman–Crippen MR) is 99.7 cm³/mol. The standard InChI is InChI=1S/C19H22N2O5/c1-5-26-19(22)14-6-8-15(9-7-14)21-20-12-13-10-16(23-2)18(25-4)17(11-13)24-3/h6-12,21H,5H2,1-4H3/b20-12-. The molecule has 138 valence electrons. The van der Waals surface area contributed by atoms with E-state index < -0.39 is 0 Å². The number of hydrogen-bond acceptors (Lipinski definition) is 7. The first kappa shape index (κ1) is 19.1. The first-order chi connectivity index (χ1) is 12.6. The molecule has 0 spiro atoms. The van der Waals surface area contributed by atoms with E-state index in [1.165, 1.54) is 0 Å². The molecule has 0 aromatic heterocycles. The molecule has 26 heavy (non-hydrogen) atoms. The van der Waals surface area contributed by atoms with E-state index in [0.29, 0.717) is 29.4 Å². The molecular weight excluding hydrogens is 336 g/mol. The number of carbonyl (C=O) groups is 1. The number of methoxy groups -OCH3 is 3. The molecule has 0 atom stereocenters. The van der Waals surface area contributed by atoms with Crippen LogP contribution in [0.5, 0.6) is 17.2 Å². The van der Waals surface area contributed by atoms with Gasteiger partial charge in [0.1, 0.15) is 0 Å². The van der Waals surface area contributed by atoms with Gasteiger partial charge in [-0.25, -0.2) is 4.79 Å². The molecule has 2 aromatic rings. The second kappa shape index (κ2) is 9.31. The number of rotatable bonds is 8. The Bertz CT molecular complexity index is 747. The lowest BCUT2D eigenvalue weighted by molar-refractivity contribution is 0.0526. The molecule has 0 fully saturated rings. The zero-order valence-corrected chi connectivity index (χ0v) is 15.2. The normalized spacial score (nSPS) is 10.5. The second-order valence-corrected chi connectivity index (χ2v) is 5.13. The molecule has 0 saturated heterocycles. The molecule has 7 nitrogen and oxygen atoms in total. The minimum atomic E-state index is -0.347. The van der Waals surface area contributed by atoms with Crippen molar-refractivity contribution in [3.8, 4) is 17.2 Å². The van der Waals surface area contributed by atoms with Crippen molar-refractivity contribution in [2.75, 3.05) is 33.4 Å². The molecule has 0 aliphatic carbocycles. The monoisotopic (exact) mass is 358 g/mol. The Hall–Kier alpha value is -3.22. The van der Waals surface area contributed by atoms with Crippen LogP contribution in [0, 0.1) is 0 Å². The smallest absolute Gasteiger partial charge is 0.338 e. The third-order valence-corrected chi connectivity index (χ3v) is 3.49. The average Bonchev–Trinajstić information content (AvgIpc) is 2.67. The number of nitrogens with zero attached hydrogens (tertiary/aromatic N) is 1. The van der Waals surface area contributed by atoms with Gasteiger partial charge in [0, 0.05) is 5.56 Å². The molecule has 2 rings (SSSR count).